The number of ether oxygens (including phenoxy) is 1. The van der Waals surface area contributed by atoms with E-state index in [-0.39, 0.29) is 5.91 Å². The number of carbonyl (C=O) groups excluding carboxylic acids is 1. The van der Waals surface area contributed by atoms with E-state index in [2.05, 4.69) is 5.32 Å². The maximum Gasteiger partial charge on any atom is 0.228 e. The van der Waals surface area contributed by atoms with Gasteiger partial charge in [0.25, 0.3) is 0 Å². The number of nitrogens with one attached hydrogen (secondary N) is 1. The number of amides is 1. The molecule has 3 nitrogen and oxygen atoms in total. The van der Waals surface area contributed by atoms with E-state index in [1.54, 1.807) is 0 Å². The Morgan fingerprint density at radius 2 is 1.54 bits per heavy atom. The van der Waals surface area contributed by atoms with Crippen molar-refractivity contribution in [1.29, 1.82) is 0 Å². The number of carbonyl (C=O) groups is 1. The minimum atomic E-state index is -0.0684. The van der Waals surface area contributed by atoms with Crippen LogP contribution in [-0.2, 0) is 11.2 Å². The highest BCUT2D eigenvalue weighted by Gasteiger charge is 2.09. The van der Waals surface area contributed by atoms with E-state index in [1.165, 1.54) is 5.56 Å². The Labute approximate surface area is 141 Å². The van der Waals surface area contributed by atoms with Crippen LogP contribution in [0.2, 0.25) is 0 Å². The molecule has 3 aromatic carbocycles. The van der Waals surface area contributed by atoms with Crippen LogP contribution in [0.25, 0.3) is 0 Å². The summed E-state index contributed by atoms with van der Waals surface area (Å²) in [7, 11) is 0. The molecule has 0 aliphatic heterocycles. The van der Waals surface area contributed by atoms with Crippen LogP contribution < -0.4 is 10.1 Å². The zero-order valence-corrected chi connectivity index (χ0v) is 13.5. The molecule has 0 heterocycles. The lowest BCUT2D eigenvalue weighted by molar-refractivity contribution is -0.115. The highest BCUT2D eigenvalue weighted by molar-refractivity contribution is 5.93. The van der Waals surface area contributed by atoms with Gasteiger partial charge in [0.05, 0.1) is 12.1 Å². The molecule has 0 fully saturated rings. The molecule has 120 valence electrons. The largest absolute Gasteiger partial charge is 0.455 e. The zero-order valence-electron chi connectivity index (χ0n) is 13.5. The van der Waals surface area contributed by atoms with Crippen LogP contribution in [0.4, 0.5) is 5.69 Å². The first-order valence-corrected chi connectivity index (χ1v) is 7.88. The number of rotatable bonds is 5. The molecule has 1 amide bonds. The second-order valence-electron chi connectivity index (χ2n) is 5.62. The molecule has 1 N–H and O–H groups in total. The van der Waals surface area contributed by atoms with Crippen molar-refractivity contribution in [3.63, 3.8) is 0 Å². The van der Waals surface area contributed by atoms with Crippen LogP contribution >= 0.6 is 0 Å². The minimum Gasteiger partial charge on any atom is -0.455 e. The molecule has 0 saturated heterocycles. The van der Waals surface area contributed by atoms with Gasteiger partial charge in [0, 0.05) is 0 Å². The normalized spacial score (nSPS) is 10.2. The van der Waals surface area contributed by atoms with Crippen LogP contribution in [0.15, 0.2) is 78.9 Å². The first-order valence-electron chi connectivity index (χ1n) is 7.88. The minimum absolute atomic E-state index is 0.0684. The molecule has 0 saturated carbocycles. The van der Waals surface area contributed by atoms with Gasteiger partial charge in [0.15, 0.2) is 5.75 Å². The summed E-state index contributed by atoms with van der Waals surface area (Å²) in [5.41, 5.74) is 2.82. The third kappa shape index (κ3) is 4.23. The summed E-state index contributed by atoms with van der Waals surface area (Å²) in [4.78, 5) is 12.3. The summed E-state index contributed by atoms with van der Waals surface area (Å²) in [5.74, 6) is 1.30. The van der Waals surface area contributed by atoms with E-state index in [9.17, 15) is 4.79 Å². The Morgan fingerprint density at radius 1 is 0.875 bits per heavy atom. The van der Waals surface area contributed by atoms with E-state index in [0.29, 0.717) is 17.9 Å². The van der Waals surface area contributed by atoms with E-state index < -0.39 is 0 Å². The number of hydrogen-bond acceptors (Lipinski definition) is 2. The molecule has 3 heteroatoms. The van der Waals surface area contributed by atoms with Crippen LogP contribution in [0.5, 0.6) is 11.5 Å². The molecule has 0 bridgehead atoms. The van der Waals surface area contributed by atoms with Crippen molar-refractivity contribution in [2.24, 2.45) is 0 Å². The van der Waals surface area contributed by atoms with Crippen molar-refractivity contribution < 1.29 is 9.53 Å². The number of benzene rings is 3. The number of anilines is 1. The van der Waals surface area contributed by atoms with Gasteiger partial charge < -0.3 is 10.1 Å². The molecule has 0 unspecified atom stereocenters. The van der Waals surface area contributed by atoms with E-state index in [0.717, 1.165) is 11.3 Å². The number of para-hydroxylation sites is 2. The highest BCUT2D eigenvalue weighted by Crippen LogP contribution is 2.29. The Morgan fingerprint density at radius 3 is 2.29 bits per heavy atom. The zero-order chi connectivity index (χ0) is 16.8. The lowest BCUT2D eigenvalue weighted by Gasteiger charge is -2.12. The Kier molecular flexibility index (Phi) is 4.92. The van der Waals surface area contributed by atoms with Crippen molar-refractivity contribution in [3.8, 4) is 11.5 Å². The molecule has 0 aromatic heterocycles. The van der Waals surface area contributed by atoms with Gasteiger partial charge in [-0.05, 0) is 36.8 Å². The monoisotopic (exact) mass is 317 g/mol. The summed E-state index contributed by atoms with van der Waals surface area (Å²) in [5, 5.41) is 2.93. The van der Waals surface area contributed by atoms with Gasteiger partial charge in [0.2, 0.25) is 5.91 Å². The Bertz CT molecular complexity index is 811. The van der Waals surface area contributed by atoms with Gasteiger partial charge >= 0.3 is 0 Å². The fourth-order valence-electron chi connectivity index (χ4n) is 2.37. The van der Waals surface area contributed by atoms with E-state index in [1.807, 2.05) is 85.8 Å². The predicted molar refractivity (Wildman–Crippen MR) is 96.5 cm³/mol. The van der Waals surface area contributed by atoms with Gasteiger partial charge in [-0.1, -0.05) is 60.2 Å². The highest BCUT2D eigenvalue weighted by atomic mass is 16.5. The Hall–Kier alpha value is -3.07. The van der Waals surface area contributed by atoms with Gasteiger partial charge in [-0.25, -0.2) is 0 Å². The van der Waals surface area contributed by atoms with Crippen LogP contribution in [0, 0.1) is 6.92 Å². The maximum absolute atomic E-state index is 12.3. The number of aryl methyl sites for hydroxylation is 1. The molecular weight excluding hydrogens is 298 g/mol. The predicted octanol–water partition coefficient (Wildman–Crippen LogP) is 4.97. The fraction of sp³-hybridized carbons (Fsp3) is 0.0952. The van der Waals surface area contributed by atoms with E-state index in [4.69, 9.17) is 4.74 Å². The molecule has 3 rings (SSSR count). The second kappa shape index (κ2) is 7.47. The summed E-state index contributed by atoms with van der Waals surface area (Å²) in [6.07, 6.45) is 0.333. The molecule has 0 aliphatic rings. The lowest BCUT2D eigenvalue weighted by Crippen LogP contribution is -2.14. The third-order valence-corrected chi connectivity index (χ3v) is 3.62. The maximum atomic E-state index is 12.3. The van der Waals surface area contributed by atoms with Crippen molar-refractivity contribution in [3.05, 3.63) is 90.0 Å². The first kappa shape index (κ1) is 15.8. The molecule has 0 atom stereocenters. The average Bonchev–Trinajstić information content (AvgIpc) is 2.59. The van der Waals surface area contributed by atoms with Crippen LogP contribution in [-0.4, -0.2) is 5.91 Å². The van der Waals surface area contributed by atoms with Gasteiger partial charge in [-0.15, -0.1) is 0 Å². The standard InChI is InChI=1S/C21H19NO2/c1-16-11-13-18(14-12-16)24-20-10-6-5-9-19(20)22-21(23)15-17-7-3-2-4-8-17/h2-14H,15H2,1H3,(H,22,23). The smallest absolute Gasteiger partial charge is 0.228 e. The molecule has 0 aliphatic carbocycles. The molecule has 0 radical (unpaired) electrons. The summed E-state index contributed by atoms with van der Waals surface area (Å²) in [6, 6.07) is 24.9. The van der Waals surface area contributed by atoms with Crippen molar-refractivity contribution in [2.45, 2.75) is 13.3 Å². The molecule has 24 heavy (non-hydrogen) atoms. The second-order valence-corrected chi connectivity index (χ2v) is 5.62. The van der Waals surface area contributed by atoms with Gasteiger partial charge in [-0.2, -0.15) is 0 Å². The first-order chi connectivity index (χ1) is 11.7. The SMILES string of the molecule is Cc1ccc(Oc2ccccc2NC(=O)Cc2ccccc2)cc1. The van der Waals surface area contributed by atoms with E-state index >= 15 is 0 Å². The number of hydrogen-bond donors (Lipinski definition) is 1. The van der Waals surface area contributed by atoms with Crippen LogP contribution in [0.1, 0.15) is 11.1 Å². The summed E-state index contributed by atoms with van der Waals surface area (Å²) < 4.78 is 5.90. The summed E-state index contributed by atoms with van der Waals surface area (Å²) >= 11 is 0. The van der Waals surface area contributed by atoms with Crippen molar-refractivity contribution in [1.82, 2.24) is 0 Å². The fourth-order valence-corrected chi connectivity index (χ4v) is 2.37. The van der Waals surface area contributed by atoms with Gasteiger partial charge in [0.1, 0.15) is 5.75 Å². The summed E-state index contributed by atoms with van der Waals surface area (Å²) in [6.45, 7) is 2.03. The van der Waals surface area contributed by atoms with Crippen molar-refractivity contribution in [2.75, 3.05) is 5.32 Å². The quantitative estimate of drug-likeness (QED) is 0.721. The lowest BCUT2D eigenvalue weighted by atomic mass is 10.1. The van der Waals surface area contributed by atoms with Crippen molar-refractivity contribution >= 4 is 11.6 Å². The topological polar surface area (TPSA) is 38.3 Å². The van der Waals surface area contributed by atoms with Gasteiger partial charge in [-0.3, -0.25) is 4.79 Å². The molecule has 0 spiro atoms. The van der Waals surface area contributed by atoms with Crippen LogP contribution in [0.3, 0.4) is 0 Å². The third-order valence-electron chi connectivity index (χ3n) is 3.62. The average molecular weight is 317 g/mol. The Balaban J connectivity index is 1.71. The molecular formula is C21H19NO2. The molecule has 3 aromatic rings.